The van der Waals surface area contributed by atoms with Gasteiger partial charge < -0.3 is 9.64 Å². The SMILES string of the molecule is CCc1ccccc1OCC(=O)N1CCC(NS(=O)(=O)c2cccs2)CC1. The number of carbonyl (C=O) groups is 1. The van der Waals surface area contributed by atoms with E-state index in [9.17, 15) is 13.2 Å². The average molecular weight is 409 g/mol. The molecule has 0 saturated carbocycles. The second-order valence-corrected chi connectivity index (χ2v) is 9.35. The molecule has 2 aromatic rings. The Hall–Kier alpha value is -1.90. The number of likely N-dealkylation sites (tertiary alicyclic amines) is 1. The number of aryl methyl sites for hydroxylation is 1. The van der Waals surface area contributed by atoms with Crippen LogP contribution in [0.15, 0.2) is 46.0 Å². The van der Waals surface area contributed by atoms with Gasteiger partial charge in [0.15, 0.2) is 6.61 Å². The number of rotatable bonds is 7. The lowest BCUT2D eigenvalue weighted by atomic mass is 10.1. The summed E-state index contributed by atoms with van der Waals surface area (Å²) >= 11 is 1.20. The van der Waals surface area contributed by atoms with Crippen LogP contribution in [0.25, 0.3) is 0 Å². The van der Waals surface area contributed by atoms with E-state index in [0.29, 0.717) is 30.1 Å². The number of hydrogen-bond acceptors (Lipinski definition) is 5. The fourth-order valence-electron chi connectivity index (χ4n) is 3.11. The van der Waals surface area contributed by atoms with Crippen molar-refractivity contribution >= 4 is 27.3 Å². The first-order valence-electron chi connectivity index (χ1n) is 9.04. The van der Waals surface area contributed by atoms with Crippen molar-refractivity contribution in [1.82, 2.24) is 9.62 Å². The van der Waals surface area contributed by atoms with Gasteiger partial charge in [-0.1, -0.05) is 31.2 Å². The fraction of sp³-hybridized carbons (Fsp3) is 0.421. The lowest BCUT2D eigenvalue weighted by molar-refractivity contribution is -0.134. The number of nitrogens with zero attached hydrogens (tertiary/aromatic N) is 1. The highest BCUT2D eigenvalue weighted by Crippen LogP contribution is 2.20. The monoisotopic (exact) mass is 408 g/mol. The Labute approximate surface area is 164 Å². The summed E-state index contributed by atoms with van der Waals surface area (Å²) < 4.78 is 33.4. The standard InChI is InChI=1S/C19H24N2O4S2/c1-2-15-6-3-4-7-17(15)25-14-18(22)21-11-9-16(10-12-21)20-27(23,24)19-8-5-13-26-19/h3-8,13,16,20H,2,9-12,14H2,1H3. The van der Waals surface area contributed by atoms with E-state index in [0.717, 1.165) is 17.7 Å². The maximum atomic E-state index is 12.4. The van der Waals surface area contributed by atoms with Gasteiger partial charge in [-0.15, -0.1) is 11.3 Å². The van der Waals surface area contributed by atoms with E-state index < -0.39 is 10.0 Å². The second kappa shape index (κ2) is 8.86. The number of para-hydroxylation sites is 1. The van der Waals surface area contributed by atoms with Crippen molar-refractivity contribution in [1.29, 1.82) is 0 Å². The number of ether oxygens (including phenoxy) is 1. The van der Waals surface area contributed by atoms with Gasteiger partial charge in [0, 0.05) is 19.1 Å². The first-order valence-corrected chi connectivity index (χ1v) is 11.4. The zero-order valence-corrected chi connectivity index (χ0v) is 16.9. The van der Waals surface area contributed by atoms with Crippen LogP contribution < -0.4 is 9.46 Å². The van der Waals surface area contributed by atoms with E-state index in [4.69, 9.17) is 4.74 Å². The Morgan fingerprint density at radius 1 is 1.22 bits per heavy atom. The molecule has 2 heterocycles. The van der Waals surface area contributed by atoms with Crippen LogP contribution in [-0.4, -0.2) is 45.0 Å². The number of thiophene rings is 1. The molecule has 146 valence electrons. The molecule has 1 aromatic carbocycles. The van der Waals surface area contributed by atoms with Crippen LogP contribution >= 0.6 is 11.3 Å². The zero-order chi connectivity index (χ0) is 19.3. The predicted molar refractivity (Wildman–Crippen MR) is 106 cm³/mol. The summed E-state index contributed by atoms with van der Waals surface area (Å²) in [6.07, 6.45) is 2.05. The first-order chi connectivity index (χ1) is 13.0. The van der Waals surface area contributed by atoms with Crippen LogP contribution in [0.2, 0.25) is 0 Å². The van der Waals surface area contributed by atoms with E-state index >= 15 is 0 Å². The third-order valence-electron chi connectivity index (χ3n) is 4.63. The summed E-state index contributed by atoms with van der Waals surface area (Å²) in [5.41, 5.74) is 1.08. The molecule has 3 rings (SSSR count). The van der Waals surface area contributed by atoms with Crippen LogP contribution in [0.4, 0.5) is 0 Å². The Bertz CT molecular complexity index is 858. The molecule has 1 fully saturated rings. The van der Waals surface area contributed by atoms with E-state index in [1.165, 1.54) is 11.3 Å². The summed E-state index contributed by atoms with van der Waals surface area (Å²) in [7, 11) is -3.47. The van der Waals surface area contributed by atoms with E-state index in [-0.39, 0.29) is 18.6 Å². The second-order valence-electron chi connectivity index (χ2n) is 6.46. The van der Waals surface area contributed by atoms with Gasteiger partial charge in [-0.3, -0.25) is 4.79 Å². The van der Waals surface area contributed by atoms with Crippen LogP contribution in [0.1, 0.15) is 25.3 Å². The fourth-order valence-corrected chi connectivity index (χ4v) is 5.42. The minimum absolute atomic E-state index is 0.00258. The molecule has 1 aliphatic heterocycles. The molecular weight excluding hydrogens is 384 g/mol. The minimum atomic E-state index is -3.47. The van der Waals surface area contributed by atoms with Crippen LogP contribution in [0.5, 0.6) is 5.75 Å². The van der Waals surface area contributed by atoms with Crippen LogP contribution in [0, 0.1) is 0 Å². The van der Waals surface area contributed by atoms with Crippen LogP contribution in [-0.2, 0) is 21.2 Å². The predicted octanol–water partition coefficient (Wildman–Crippen LogP) is 2.66. The lowest BCUT2D eigenvalue weighted by Gasteiger charge is -2.32. The highest BCUT2D eigenvalue weighted by molar-refractivity contribution is 7.91. The van der Waals surface area contributed by atoms with Crippen molar-refractivity contribution in [2.45, 2.75) is 36.4 Å². The highest BCUT2D eigenvalue weighted by atomic mass is 32.2. The molecule has 0 atom stereocenters. The molecule has 1 aliphatic rings. The Balaban J connectivity index is 1.48. The molecule has 0 aliphatic carbocycles. The Morgan fingerprint density at radius 3 is 2.63 bits per heavy atom. The molecule has 6 nitrogen and oxygen atoms in total. The van der Waals surface area contributed by atoms with Crippen molar-refractivity contribution in [2.75, 3.05) is 19.7 Å². The lowest BCUT2D eigenvalue weighted by Crippen LogP contribution is -2.47. The van der Waals surface area contributed by atoms with Crippen LogP contribution in [0.3, 0.4) is 0 Å². The first kappa shape index (κ1) is 19.9. The number of benzene rings is 1. The molecule has 1 N–H and O–H groups in total. The third-order valence-corrected chi connectivity index (χ3v) is 7.55. The van der Waals surface area contributed by atoms with Gasteiger partial charge in [0.1, 0.15) is 9.96 Å². The number of hydrogen-bond donors (Lipinski definition) is 1. The third kappa shape index (κ3) is 5.09. The molecule has 0 bridgehead atoms. The van der Waals surface area contributed by atoms with Gasteiger partial charge in [0.25, 0.3) is 5.91 Å². The highest BCUT2D eigenvalue weighted by Gasteiger charge is 2.27. The van der Waals surface area contributed by atoms with Crippen molar-refractivity contribution in [3.63, 3.8) is 0 Å². The number of nitrogens with one attached hydrogen (secondary N) is 1. The summed E-state index contributed by atoms with van der Waals surface area (Å²) in [5, 5.41) is 1.74. The van der Waals surface area contributed by atoms with Gasteiger partial charge >= 0.3 is 0 Å². The quantitative estimate of drug-likeness (QED) is 0.764. The normalized spacial score (nSPS) is 15.7. The molecule has 1 amide bonds. The van der Waals surface area contributed by atoms with E-state index in [1.807, 2.05) is 31.2 Å². The molecule has 1 aromatic heterocycles. The van der Waals surface area contributed by atoms with E-state index in [2.05, 4.69) is 4.72 Å². The maximum Gasteiger partial charge on any atom is 0.260 e. The zero-order valence-electron chi connectivity index (χ0n) is 15.3. The number of sulfonamides is 1. The number of amides is 1. The number of piperidine rings is 1. The average Bonchev–Trinajstić information content (AvgIpc) is 3.22. The molecule has 8 heteroatoms. The van der Waals surface area contributed by atoms with Gasteiger partial charge in [-0.05, 0) is 42.3 Å². The van der Waals surface area contributed by atoms with Gasteiger partial charge in [-0.25, -0.2) is 13.1 Å². The summed E-state index contributed by atoms with van der Waals surface area (Å²) in [6.45, 7) is 3.10. The Morgan fingerprint density at radius 2 is 1.96 bits per heavy atom. The molecule has 0 unspecified atom stereocenters. The molecular formula is C19H24N2O4S2. The van der Waals surface area contributed by atoms with Gasteiger partial charge in [-0.2, -0.15) is 0 Å². The Kier molecular flexibility index (Phi) is 6.51. The molecule has 1 saturated heterocycles. The van der Waals surface area contributed by atoms with E-state index in [1.54, 1.807) is 22.4 Å². The largest absolute Gasteiger partial charge is 0.483 e. The summed E-state index contributed by atoms with van der Waals surface area (Å²) in [6, 6.07) is 10.9. The topological polar surface area (TPSA) is 75.7 Å². The summed E-state index contributed by atoms with van der Waals surface area (Å²) in [5.74, 6) is 0.674. The number of carbonyl (C=O) groups excluding carboxylic acids is 1. The minimum Gasteiger partial charge on any atom is -0.483 e. The van der Waals surface area contributed by atoms with Gasteiger partial charge in [0.05, 0.1) is 0 Å². The van der Waals surface area contributed by atoms with Gasteiger partial charge in [0.2, 0.25) is 10.0 Å². The van der Waals surface area contributed by atoms with Crippen molar-refractivity contribution in [3.05, 3.63) is 47.3 Å². The maximum absolute atomic E-state index is 12.4. The molecule has 0 spiro atoms. The van der Waals surface area contributed by atoms with Crippen molar-refractivity contribution in [2.24, 2.45) is 0 Å². The summed E-state index contributed by atoms with van der Waals surface area (Å²) in [4.78, 5) is 14.2. The van der Waals surface area contributed by atoms with Crippen molar-refractivity contribution in [3.8, 4) is 5.75 Å². The molecule has 27 heavy (non-hydrogen) atoms. The smallest absolute Gasteiger partial charge is 0.260 e. The van der Waals surface area contributed by atoms with Crippen molar-refractivity contribution < 1.29 is 17.9 Å². The molecule has 0 radical (unpaired) electrons.